The first-order valence-electron chi connectivity index (χ1n) is 5.43. The molecule has 3 aromatic rings. The van der Waals surface area contributed by atoms with E-state index in [0.717, 1.165) is 10.9 Å². The normalized spacial score (nSPS) is 10.9. The second-order valence-electron chi connectivity index (χ2n) is 3.98. The summed E-state index contributed by atoms with van der Waals surface area (Å²) in [6, 6.07) is 9.12. The number of carbonyl (C=O) groups excluding carboxylic acids is 1. The predicted octanol–water partition coefficient (Wildman–Crippen LogP) is 1.13. The van der Waals surface area contributed by atoms with Crippen LogP contribution in [-0.4, -0.2) is 20.5 Å². The number of H-pyrrole nitrogens is 1. The summed E-state index contributed by atoms with van der Waals surface area (Å²) in [7, 11) is 0. The van der Waals surface area contributed by atoms with Crippen LogP contribution in [0.4, 0.5) is 5.82 Å². The molecule has 90 valence electrons. The molecule has 0 aliphatic heterocycles. The van der Waals surface area contributed by atoms with E-state index in [1.807, 2.05) is 24.3 Å². The lowest BCUT2D eigenvalue weighted by Crippen LogP contribution is -2.17. The molecule has 0 spiro atoms. The Morgan fingerprint density at radius 3 is 2.94 bits per heavy atom. The van der Waals surface area contributed by atoms with Gasteiger partial charge in [0.05, 0.1) is 11.0 Å². The number of aromatic nitrogens is 3. The first-order chi connectivity index (χ1) is 8.65. The standard InChI is InChI=1S/C12H10N4O2/c1-7(17)13-11-6-10-8-4-2-3-5-9(8)14-12(18)16(10)15-11/h2-6H,1H3,(H,14,18)(H,13,15,17). The molecule has 2 aromatic heterocycles. The zero-order valence-electron chi connectivity index (χ0n) is 9.60. The molecule has 1 aromatic carbocycles. The van der Waals surface area contributed by atoms with Gasteiger partial charge in [-0.05, 0) is 6.07 Å². The summed E-state index contributed by atoms with van der Waals surface area (Å²) in [5.74, 6) is 0.142. The maximum atomic E-state index is 11.8. The van der Waals surface area contributed by atoms with Crippen molar-refractivity contribution in [3.63, 3.8) is 0 Å². The Bertz CT molecular complexity index is 816. The van der Waals surface area contributed by atoms with Crippen LogP contribution >= 0.6 is 0 Å². The Morgan fingerprint density at radius 1 is 1.39 bits per heavy atom. The van der Waals surface area contributed by atoms with Crippen molar-refractivity contribution < 1.29 is 4.79 Å². The van der Waals surface area contributed by atoms with E-state index in [9.17, 15) is 9.59 Å². The summed E-state index contributed by atoms with van der Waals surface area (Å²) in [5, 5.41) is 7.48. The van der Waals surface area contributed by atoms with Crippen LogP contribution in [0.5, 0.6) is 0 Å². The SMILES string of the molecule is CC(=O)Nc1cc2c3ccccc3[nH]c(=O)n2n1. The Hall–Kier alpha value is -2.63. The molecule has 0 unspecified atom stereocenters. The van der Waals surface area contributed by atoms with Crippen molar-refractivity contribution in [3.05, 3.63) is 40.8 Å². The summed E-state index contributed by atoms with van der Waals surface area (Å²) in [6.45, 7) is 1.40. The molecule has 1 amide bonds. The van der Waals surface area contributed by atoms with E-state index in [0.29, 0.717) is 11.3 Å². The third-order valence-electron chi connectivity index (χ3n) is 2.65. The van der Waals surface area contributed by atoms with Crippen LogP contribution in [-0.2, 0) is 4.79 Å². The summed E-state index contributed by atoms with van der Waals surface area (Å²) >= 11 is 0. The van der Waals surface area contributed by atoms with Crippen molar-refractivity contribution >= 4 is 28.1 Å². The lowest BCUT2D eigenvalue weighted by atomic mass is 10.2. The van der Waals surface area contributed by atoms with Gasteiger partial charge in [0.1, 0.15) is 0 Å². The molecule has 0 aliphatic carbocycles. The number of benzene rings is 1. The second-order valence-corrected chi connectivity index (χ2v) is 3.98. The molecule has 0 bridgehead atoms. The van der Waals surface area contributed by atoms with Gasteiger partial charge in [0, 0.05) is 18.4 Å². The molecule has 6 heteroatoms. The quantitative estimate of drug-likeness (QED) is 0.671. The van der Waals surface area contributed by atoms with E-state index in [1.165, 1.54) is 11.4 Å². The third-order valence-corrected chi connectivity index (χ3v) is 2.65. The Balaban J connectivity index is 2.37. The number of aromatic amines is 1. The minimum absolute atomic E-state index is 0.223. The maximum Gasteiger partial charge on any atom is 0.347 e. The molecule has 0 saturated heterocycles. The number of nitrogens with zero attached hydrogens (tertiary/aromatic N) is 2. The molecule has 3 rings (SSSR count). The van der Waals surface area contributed by atoms with Crippen molar-refractivity contribution in [2.75, 3.05) is 5.32 Å². The lowest BCUT2D eigenvalue weighted by Gasteiger charge is -1.98. The summed E-state index contributed by atoms with van der Waals surface area (Å²) < 4.78 is 1.24. The highest BCUT2D eigenvalue weighted by molar-refractivity contribution is 5.95. The third kappa shape index (κ3) is 1.55. The summed E-state index contributed by atoms with van der Waals surface area (Å²) in [5.41, 5.74) is 1.07. The summed E-state index contributed by atoms with van der Waals surface area (Å²) in [6.07, 6.45) is 0. The van der Waals surface area contributed by atoms with Crippen LogP contribution in [0.25, 0.3) is 16.4 Å². The molecule has 18 heavy (non-hydrogen) atoms. The first-order valence-corrected chi connectivity index (χ1v) is 5.43. The number of amides is 1. The van der Waals surface area contributed by atoms with E-state index in [-0.39, 0.29) is 11.6 Å². The fourth-order valence-corrected chi connectivity index (χ4v) is 1.95. The summed E-state index contributed by atoms with van der Waals surface area (Å²) in [4.78, 5) is 25.5. The number of fused-ring (bicyclic) bond motifs is 3. The van der Waals surface area contributed by atoms with Gasteiger partial charge < -0.3 is 10.3 Å². The molecule has 0 aliphatic rings. The lowest BCUT2D eigenvalue weighted by molar-refractivity contribution is -0.114. The van der Waals surface area contributed by atoms with Crippen molar-refractivity contribution in [1.29, 1.82) is 0 Å². The molecular formula is C12H10N4O2. The topological polar surface area (TPSA) is 79.3 Å². The van der Waals surface area contributed by atoms with E-state index in [2.05, 4.69) is 15.4 Å². The second kappa shape index (κ2) is 3.69. The van der Waals surface area contributed by atoms with Gasteiger partial charge in [-0.3, -0.25) is 4.79 Å². The molecular weight excluding hydrogens is 232 g/mol. The molecule has 0 fully saturated rings. The molecule has 2 heterocycles. The van der Waals surface area contributed by atoms with Crippen molar-refractivity contribution in [1.82, 2.24) is 14.6 Å². The van der Waals surface area contributed by atoms with Crippen LogP contribution < -0.4 is 11.0 Å². The van der Waals surface area contributed by atoms with E-state index in [4.69, 9.17) is 0 Å². The average molecular weight is 242 g/mol. The van der Waals surface area contributed by atoms with Gasteiger partial charge in [-0.2, -0.15) is 4.52 Å². The van der Waals surface area contributed by atoms with Gasteiger partial charge in [0.2, 0.25) is 5.91 Å². The average Bonchev–Trinajstić information content (AvgIpc) is 2.73. The maximum absolute atomic E-state index is 11.8. The number of anilines is 1. The van der Waals surface area contributed by atoms with Gasteiger partial charge in [0.15, 0.2) is 5.82 Å². The Kier molecular flexibility index (Phi) is 2.16. The monoisotopic (exact) mass is 242 g/mol. The zero-order chi connectivity index (χ0) is 12.7. The number of carbonyl (C=O) groups is 1. The van der Waals surface area contributed by atoms with E-state index in [1.54, 1.807) is 6.07 Å². The number of nitrogens with one attached hydrogen (secondary N) is 2. The molecule has 2 N–H and O–H groups in total. The number of hydrogen-bond donors (Lipinski definition) is 2. The predicted molar refractivity (Wildman–Crippen MR) is 67.6 cm³/mol. The Labute approximate surface area is 101 Å². The highest BCUT2D eigenvalue weighted by atomic mass is 16.2. The van der Waals surface area contributed by atoms with Gasteiger partial charge in [-0.25, -0.2) is 4.79 Å². The van der Waals surface area contributed by atoms with E-state index < -0.39 is 0 Å². The van der Waals surface area contributed by atoms with Crippen molar-refractivity contribution in [2.45, 2.75) is 6.92 Å². The van der Waals surface area contributed by atoms with Crippen LogP contribution in [0, 0.1) is 0 Å². The molecule has 0 atom stereocenters. The fourth-order valence-electron chi connectivity index (χ4n) is 1.95. The minimum atomic E-state index is -0.333. The number of para-hydroxylation sites is 1. The van der Waals surface area contributed by atoms with Gasteiger partial charge in [0.25, 0.3) is 0 Å². The smallest absolute Gasteiger partial charge is 0.309 e. The fraction of sp³-hybridized carbons (Fsp3) is 0.0833. The van der Waals surface area contributed by atoms with Gasteiger partial charge in [-0.1, -0.05) is 18.2 Å². The molecule has 0 saturated carbocycles. The van der Waals surface area contributed by atoms with Crippen molar-refractivity contribution in [2.24, 2.45) is 0 Å². The van der Waals surface area contributed by atoms with Gasteiger partial charge in [-0.15, -0.1) is 5.10 Å². The van der Waals surface area contributed by atoms with Crippen molar-refractivity contribution in [3.8, 4) is 0 Å². The minimum Gasteiger partial charge on any atom is -0.309 e. The van der Waals surface area contributed by atoms with Crippen LogP contribution in [0.15, 0.2) is 35.1 Å². The largest absolute Gasteiger partial charge is 0.347 e. The van der Waals surface area contributed by atoms with Crippen LogP contribution in [0.3, 0.4) is 0 Å². The number of rotatable bonds is 1. The number of hydrogen-bond acceptors (Lipinski definition) is 3. The molecule has 0 radical (unpaired) electrons. The Morgan fingerprint density at radius 2 is 2.17 bits per heavy atom. The van der Waals surface area contributed by atoms with E-state index >= 15 is 0 Å². The van der Waals surface area contributed by atoms with Crippen LogP contribution in [0.2, 0.25) is 0 Å². The zero-order valence-corrected chi connectivity index (χ0v) is 9.60. The first kappa shape index (κ1) is 10.5. The highest BCUT2D eigenvalue weighted by Crippen LogP contribution is 2.18. The molecule has 6 nitrogen and oxygen atoms in total. The highest BCUT2D eigenvalue weighted by Gasteiger charge is 2.09. The van der Waals surface area contributed by atoms with Crippen LogP contribution in [0.1, 0.15) is 6.92 Å². The van der Waals surface area contributed by atoms with Gasteiger partial charge >= 0.3 is 5.69 Å².